The lowest BCUT2D eigenvalue weighted by Crippen LogP contribution is -2.47. The first-order chi connectivity index (χ1) is 12.5. The van der Waals surface area contributed by atoms with Crippen molar-refractivity contribution in [3.63, 3.8) is 0 Å². The van der Waals surface area contributed by atoms with E-state index in [4.69, 9.17) is 0 Å². The van der Waals surface area contributed by atoms with Gasteiger partial charge in [0.05, 0.1) is 4.92 Å². The van der Waals surface area contributed by atoms with E-state index in [9.17, 15) is 14.9 Å². The summed E-state index contributed by atoms with van der Waals surface area (Å²) in [5, 5.41) is 14.8. The number of likely N-dealkylation sites (tertiary alicyclic amines) is 1. The molecule has 7 nitrogen and oxygen atoms in total. The molecule has 1 unspecified atom stereocenters. The van der Waals surface area contributed by atoms with Gasteiger partial charge in [0.1, 0.15) is 5.69 Å². The monoisotopic (exact) mass is 360 g/mol. The predicted molar refractivity (Wildman–Crippen MR) is 102 cm³/mol. The van der Waals surface area contributed by atoms with E-state index in [1.165, 1.54) is 6.07 Å². The third-order valence-corrected chi connectivity index (χ3v) is 5.66. The maximum Gasteiger partial charge on any atom is 0.293 e. The fourth-order valence-electron chi connectivity index (χ4n) is 3.90. The van der Waals surface area contributed by atoms with Crippen LogP contribution in [0.15, 0.2) is 18.2 Å². The number of amides is 1. The summed E-state index contributed by atoms with van der Waals surface area (Å²) in [6.07, 6.45) is 4.07. The third-order valence-electron chi connectivity index (χ3n) is 5.66. The van der Waals surface area contributed by atoms with Gasteiger partial charge in [-0.05, 0) is 50.8 Å². The van der Waals surface area contributed by atoms with Gasteiger partial charge in [-0.15, -0.1) is 0 Å². The Balaban J connectivity index is 1.82. The lowest BCUT2D eigenvalue weighted by molar-refractivity contribution is -0.384. The molecule has 3 rings (SSSR count). The number of nitrogens with one attached hydrogen (secondary N) is 1. The van der Waals surface area contributed by atoms with Crippen molar-refractivity contribution < 1.29 is 9.72 Å². The molecule has 0 radical (unpaired) electrons. The third kappa shape index (κ3) is 3.98. The number of nitro benzene ring substituents is 1. The average Bonchev–Trinajstić information content (AvgIpc) is 2.67. The van der Waals surface area contributed by atoms with Crippen molar-refractivity contribution in [1.29, 1.82) is 0 Å². The number of nitro groups is 1. The minimum atomic E-state index is -0.364. The summed E-state index contributed by atoms with van der Waals surface area (Å²) >= 11 is 0. The first kappa shape index (κ1) is 18.6. The largest absolute Gasteiger partial charge is 0.366 e. The van der Waals surface area contributed by atoms with Gasteiger partial charge in [-0.1, -0.05) is 6.92 Å². The quantitative estimate of drug-likeness (QED) is 0.660. The molecule has 142 valence electrons. The SMILES string of the molecule is CNC1CCCN(C(=O)c2ccc(N3CCC(C)CC3)c([N+](=O)[O-])c2)C1. The average molecular weight is 360 g/mol. The molecule has 0 bridgehead atoms. The van der Waals surface area contributed by atoms with Crippen LogP contribution < -0.4 is 10.2 Å². The molecule has 1 amide bonds. The highest BCUT2D eigenvalue weighted by Gasteiger charge is 2.28. The Bertz CT molecular complexity index is 671. The Kier molecular flexibility index (Phi) is 5.76. The second-order valence-electron chi connectivity index (χ2n) is 7.51. The number of likely N-dealkylation sites (N-methyl/N-ethyl adjacent to an activating group) is 1. The molecule has 1 N–H and O–H groups in total. The van der Waals surface area contributed by atoms with E-state index >= 15 is 0 Å². The van der Waals surface area contributed by atoms with Crippen LogP contribution in [0, 0.1) is 16.0 Å². The van der Waals surface area contributed by atoms with E-state index in [0.29, 0.717) is 30.3 Å². The number of carbonyl (C=O) groups is 1. The Morgan fingerprint density at radius 2 is 1.96 bits per heavy atom. The van der Waals surface area contributed by atoms with Gasteiger partial charge in [0.25, 0.3) is 11.6 Å². The fraction of sp³-hybridized carbons (Fsp3) is 0.632. The smallest absolute Gasteiger partial charge is 0.293 e. The molecule has 7 heteroatoms. The van der Waals surface area contributed by atoms with Crippen molar-refractivity contribution in [3.05, 3.63) is 33.9 Å². The van der Waals surface area contributed by atoms with Crippen molar-refractivity contribution in [2.75, 3.05) is 38.1 Å². The summed E-state index contributed by atoms with van der Waals surface area (Å²) in [5.41, 5.74) is 1.07. The molecule has 2 saturated heterocycles. The van der Waals surface area contributed by atoms with E-state index < -0.39 is 0 Å². The summed E-state index contributed by atoms with van der Waals surface area (Å²) in [6.45, 7) is 5.21. The Labute approximate surface area is 154 Å². The summed E-state index contributed by atoms with van der Waals surface area (Å²) < 4.78 is 0. The van der Waals surface area contributed by atoms with Crippen molar-refractivity contribution in [2.45, 2.75) is 38.6 Å². The zero-order valence-corrected chi connectivity index (χ0v) is 15.6. The molecule has 0 spiro atoms. The highest BCUT2D eigenvalue weighted by atomic mass is 16.6. The Morgan fingerprint density at radius 3 is 2.62 bits per heavy atom. The van der Waals surface area contributed by atoms with Crippen LogP contribution in [0.3, 0.4) is 0 Å². The van der Waals surface area contributed by atoms with Gasteiger partial charge in [0, 0.05) is 43.9 Å². The molecular weight excluding hydrogens is 332 g/mol. The summed E-state index contributed by atoms with van der Waals surface area (Å²) in [7, 11) is 1.90. The van der Waals surface area contributed by atoms with E-state index in [1.807, 2.05) is 7.05 Å². The molecule has 1 aromatic rings. The van der Waals surface area contributed by atoms with Gasteiger partial charge in [-0.3, -0.25) is 14.9 Å². The molecule has 1 atom stereocenters. The molecule has 0 aromatic heterocycles. The fourth-order valence-corrected chi connectivity index (χ4v) is 3.90. The molecule has 2 fully saturated rings. The topological polar surface area (TPSA) is 78.7 Å². The molecule has 0 saturated carbocycles. The first-order valence-corrected chi connectivity index (χ1v) is 9.49. The minimum Gasteiger partial charge on any atom is -0.366 e. The van der Waals surface area contributed by atoms with Crippen LogP contribution in [-0.4, -0.2) is 55.0 Å². The predicted octanol–water partition coefficient (Wildman–Crippen LogP) is 2.66. The maximum atomic E-state index is 12.8. The van der Waals surface area contributed by atoms with Gasteiger partial charge < -0.3 is 15.1 Å². The lowest BCUT2D eigenvalue weighted by atomic mass is 9.98. The van der Waals surface area contributed by atoms with Gasteiger partial charge in [0.15, 0.2) is 0 Å². The number of anilines is 1. The second-order valence-corrected chi connectivity index (χ2v) is 7.51. The van der Waals surface area contributed by atoms with E-state index in [-0.39, 0.29) is 22.6 Å². The van der Waals surface area contributed by atoms with Crippen molar-refractivity contribution >= 4 is 17.3 Å². The summed E-state index contributed by atoms with van der Waals surface area (Å²) in [6, 6.07) is 5.24. The van der Waals surface area contributed by atoms with Gasteiger partial charge in [-0.2, -0.15) is 0 Å². The number of rotatable bonds is 4. The zero-order chi connectivity index (χ0) is 18.7. The summed E-state index contributed by atoms with van der Waals surface area (Å²) in [5.74, 6) is 0.539. The normalized spacial score (nSPS) is 21.7. The zero-order valence-electron chi connectivity index (χ0n) is 15.6. The molecule has 2 aliphatic heterocycles. The van der Waals surface area contributed by atoms with Crippen LogP contribution in [0.5, 0.6) is 0 Å². The Morgan fingerprint density at radius 1 is 1.23 bits per heavy atom. The highest BCUT2D eigenvalue weighted by molar-refractivity contribution is 5.96. The van der Waals surface area contributed by atoms with Gasteiger partial charge in [-0.25, -0.2) is 0 Å². The first-order valence-electron chi connectivity index (χ1n) is 9.49. The van der Waals surface area contributed by atoms with Crippen LogP contribution in [0.1, 0.15) is 43.0 Å². The molecule has 26 heavy (non-hydrogen) atoms. The molecule has 0 aliphatic carbocycles. The number of hydrogen-bond acceptors (Lipinski definition) is 5. The lowest BCUT2D eigenvalue weighted by Gasteiger charge is -2.33. The van der Waals surface area contributed by atoms with Crippen LogP contribution >= 0.6 is 0 Å². The number of benzene rings is 1. The Hall–Kier alpha value is -2.15. The highest BCUT2D eigenvalue weighted by Crippen LogP contribution is 2.32. The van der Waals surface area contributed by atoms with Crippen LogP contribution in [0.4, 0.5) is 11.4 Å². The molecular formula is C19H28N4O3. The minimum absolute atomic E-state index is 0.0348. The van der Waals surface area contributed by atoms with E-state index in [0.717, 1.165) is 38.8 Å². The molecule has 1 aromatic carbocycles. The van der Waals surface area contributed by atoms with Crippen molar-refractivity contribution in [2.24, 2.45) is 5.92 Å². The number of carbonyl (C=O) groups excluding carboxylic acids is 1. The standard InChI is InChI=1S/C19H28N4O3/c1-14-7-10-21(11-8-14)17-6-5-15(12-18(17)23(25)26)19(24)22-9-3-4-16(13-22)20-2/h5-6,12,14,16,20H,3-4,7-11,13H2,1-2H3. The second kappa shape index (κ2) is 8.03. The summed E-state index contributed by atoms with van der Waals surface area (Å²) in [4.78, 5) is 28.0. The van der Waals surface area contributed by atoms with Crippen LogP contribution in [0.2, 0.25) is 0 Å². The van der Waals surface area contributed by atoms with E-state index in [2.05, 4.69) is 17.1 Å². The van der Waals surface area contributed by atoms with Gasteiger partial charge >= 0.3 is 0 Å². The van der Waals surface area contributed by atoms with Crippen molar-refractivity contribution in [1.82, 2.24) is 10.2 Å². The maximum absolute atomic E-state index is 12.8. The number of piperidine rings is 2. The van der Waals surface area contributed by atoms with Crippen LogP contribution in [0.25, 0.3) is 0 Å². The van der Waals surface area contributed by atoms with Crippen LogP contribution in [-0.2, 0) is 0 Å². The van der Waals surface area contributed by atoms with Gasteiger partial charge in [0.2, 0.25) is 0 Å². The van der Waals surface area contributed by atoms with Crippen molar-refractivity contribution in [3.8, 4) is 0 Å². The number of nitrogens with zero attached hydrogens (tertiary/aromatic N) is 3. The molecule has 2 aliphatic rings. The number of hydrogen-bond donors (Lipinski definition) is 1. The molecule has 2 heterocycles. The van der Waals surface area contributed by atoms with E-state index in [1.54, 1.807) is 17.0 Å².